The summed E-state index contributed by atoms with van der Waals surface area (Å²) in [6, 6.07) is 129. The minimum atomic E-state index is 0.866. The van der Waals surface area contributed by atoms with Gasteiger partial charge < -0.3 is 13.3 Å². The molecule has 0 spiro atoms. The van der Waals surface area contributed by atoms with Gasteiger partial charge in [0, 0.05) is 37.9 Å². The Morgan fingerprint density at radius 2 is 0.515 bits per heavy atom. The molecule has 0 aliphatic heterocycles. The van der Waals surface area contributed by atoms with Crippen molar-refractivity contribution in [3.63, 3.8) is 0 Å². The van der Waals surface area contributed by atoms with Crippen molar-refractivity contribution in [2.24, 2.45) is 0 Å². The van der Waals surface area contributed by atoms with E-state index in [1.807, 2.05) is 12.1 Å². The second kappa shape index (κ2) is 22.5. The van der Waals surface area contributed by atoms with E-state index < -0.39 is 0 Å². The summed E-state index contributed by atoms with van der Waals surface area (Å²) >= 11 is 0. The van der Waals surface area contributed by atoms with Crippen LogP contribution >= 0.6 is 0 Å². The SMILES string of the molecule is c1cc(-c2ccc3ccc(-c4cccc5cc6c(cc45)oc4ccc(-c5c7ccccc7c(-c7ccc(-c8cccc9c8oc8ccccc89)cc7)c7ccccc57)cc46)cc3c2)cc(-c2c3ccccc3c(-c3ccc(-c4ccc5oc6cc7ccccc7cc6c5c4)cc3)c3ccccc23)c1. The maximum Gasteiger partial charge on any atom is 0.143 e. The zero-order valence-electron chi connectivity index (χ0n) is 55.7. The highest BCUT2D eigenvalue weighted by Gasteiger charge is 2.23. The Hall–Kier alpha value is -13.6. The average molecular weight is 1310 g/mol. The fraction of sp³-hybridized carbons (Fsp3) is 0. The van der Waals surface area contributed by atoms with E-state index in [1.54, 1.807) is 0 Å². The predicted molar refractivity (Wildman–Crippen MR) is 434 cm³/mol. The lowest BCUT2D eigenvalue weighted by Crippen LogP contribution is -1.91. The van der Waals surface area contributed by atoms with Crippen LogP contribution in [-0.4, -0.2) is 0 Å². The molecule has 0 saturated heterocycles. The van der Waals surface area contributed by atoms with E-state index in [9.17, 15) is 0 Å². The minimum Gasteiger partial charge on any atom is -0.456 e. The van der Waals surface area contributed by atoms with Crippen LogP contribution in [-0.2, 0) is 0 Å². The first-order valence-electron chi connectivity index (χ1n) is 35.4. The first-order valence-corrected chi connectivity index (χ1v) is 35.4. The Morgan fingerprint density at radius 3 is 1.15 bits per heavy atom. The highest BCUT2D eigenvalue weighted by atomic mass is 16.3. The molecule has 0 atom stereocenters. The summed E-state index contributed by atoms with van der Waals surface area (Å²) in [6.45, 7) is 0. The van der Waals surface area contributed by atoms with Crippen molar-refractivity contribution in [2.45, 2.75) is 0 Å². The standard InChI is InChI=1S/C100H58O3/c1-2-17-66-57-94-89(53-65(66)16-1)87-54-68(46-48-92(87)101-94)59-34-40-62(41-35-59)96-77-22-3-7-26-81(77)98(82-27-8-4-23-78(82)96)71-20-13-18-64(50-71)67-44-36-60-37-45-70(52-73(60)51-67)74-30-14-19-69-55-90-88-56-72(47-49-93(88)102-95(90)58-86(69)74)99-83-28-9-5-24-79(83)97(80-25-6-10-29-84(80)99)63-42-38-61(39-43-63)75-31-15-32-85-76-21-11-12-33-91(76)103-100(75)85/h1-58H. The van der Waals surface area contributed by atoms with Gasteiger partial charge in [0.15, 0.2) is 0 Å². The summed E-state index contributed by atoms with van der Waals surface area (Å²) in [6.07, 6.45) is 0. The Bertz CT molecular complexity index is 7230. The second-order valence-corrected chi connectivity index (χ2v) is 27.7. The van der Waals surface area contributed by atoms with Crippen LogP contribution in [0, 0.1) is 0 Å². The maximum atomic E-state index is 6.86. The molecule has 3 nitrogen and oxygen atoms in total. The van der Waals surface area contributed by atoms with E-state index in [1.165, 1.54) is 120 Å². The average Bonchev–Trinajstić information content (AvgIpc) is 1.73. The lowest BCUT2D eigenvalue weighted by Gasteiger charge is -2.18. The molecule has 476 valence electrons. The van der Waals surface area contributed by atoms with E-state index >= 15 is 0 Å². The van der Waals surface area contributed by atoms with Gasteiger partial charge in [0.05, 0.1) is 0 Å². The van der Waals surface area contributed by atoms with Crippen molar-refractivity contribution in [3.8, 4) is 89.0 Å². The summed E-state index contributed by atoms with van der Waals surface area (Å²) in [7, 11) is 0. The largest absolute Gasteiger partial charge is 0.456 e. The van der Waals surface area contributed by atoms with Crippen molar-refractivity contribution in [1.82, 2.24) is 0 Å². The fourth-order valence-corrected chi connectivity index (χ4v) is 17.2. The quantitative estimate of drug-likeness (QED) is 0.142. The highest BCUT2D eigenvalue weighted by Crippen LogP contribution is 2.49. The molecule has 0 fully saturated rings. The third-order valence-corrected chi connectivity index (χ3v) is 22.0. The van der Waals surface area contributed by atoms with Crippen molar-refractivity contribution < 1.29 is 13.3 Å². The molecule has 0 aliphatic rings. The normalized spacial score (nSPS) is 12.1. The number of hydrogen-bond acceptors (Lipinski definition) is 3. The lowest BCUT2D eigenvalue weighted by atomic mass is 9.85. The molecular weight excluding hydrogens is 1250 g/mol. The van der Waals surface area contributed by atoms with Gasteiger partial charge in [0.2, 0.25) is 0 Å². The van der Waals surface area contributed by atoms with E-state index in [2.05, 4.69) is 340 Å². The molecule has 0 amide bonds. The summed E-state index contributed by atoms with van der Waals surface area (Å²) in [5.74, 6) is 0. The Labute approximate surface area is 591 Å². The maximum absolute atomic E-state index is 6.86. The Morgan fingerprint density at radius 1 is 0.136 bits per heavy atom. The first-order chi connectivity index (χ1) is 51.0. The van der Waals surface area contributed by atoms with Crippen LogP contribution in [0.5, 0.6) is 0 Å². The van der Waals surface area contributed by atoms with Gasteiger partial charge in [-0.25, -0.2) is 0 Å². The monoisotopic (exact) mass is 1310 g/mol. The van der Waals surface area contributed by atoms with Gasteiger partial charge >= 0.3 is 0 Å². The van der Waals surface area contributed by atoms with Gasteiger partial charge in [-0.2, -0.15) is 0 Å². The molecule has 3 heteroatoms. The smallest absolute Gasteiger partial charge is 0.143 e. The topological polar surface area (TPSA) is 39.4 Å². The van der Waals surface area contributed by atoms with E-state index in [0.29, 0.717) is 0 Å². The molecule has 3 heterocycles. The molecule has 0 N–H and O–H groups in total. The van der Waals surface area contributed by atoms with Gasteiger partial charge in [-0.1, -0.05) is 279 Å². The van der Waals surface area contributed by atoms with Gasteiger partial charge in [0.1, 0.15) is 33.5 Å². The van der Waals surface area contributed by atoms with Crippen LogP contribution in [0.1, 0.15) is 0 Å². The van der Waals surface area contributed by atoms with Gasteiger partial charge in [0.25, 0.3) is 0 Å². The fourth-order valence-electron chi connectivity index (χ4n) is 17.2. The molecule has 22 rings (SSSR count). The molecule has 19 aromatic carbocycles. The number of rotatable bonds is 8. The van der Waals surface area contributed by atoms with Crippen molar-refractivity contribution >= 4 is 141 Å². The van der Waals surface area contributed by atoms with Gasteiger partial charge in [-0.15, -0.1) is 0 Å². The Balaban J connectivity index is 0.586. The molecule has 0 radical (unpaired) electrons. The molecule has 0 unspecified atom stereocenters. The summed E-state index contributed by atoms with van der Waals surface area (Å²) in [4.78, 5) is 0. The van der Waals surface area contributed by atoms with Crippen LogP contribution in [0.4, 0.5) is 0 Å². The number of para-hydroxylation sites is 2. The lowest BCUT2D eigenvalue weighted by molar-refractivity contribution is 0.669. The van der Waals surface area contributed by atoms with Crippen molar-refractivity contribution in [2.75, 3.05) is 0 Å². The van der Waals surface area contributed by atoms with E-state index in [0.717, 1.165) is 110 Å². The minimum absolute atomic E-state index is 0.866. The summed E-state index contributed by atoms with van der Waals surface area (Å²) in [5.41, 5.74) is 24.2. The molecule has 0 aliphatic carbocycles. The van der Waals surface area contributed by atoms with Crippen LogP contribution in [0.3, 0.4) is 0 Å². The van der Waals surface area contributed by atoms with Crippen LogP contribution in [0.15, 0.2) is 365 Å². The van der Waals surface area contributed by atoms with Crippen LogP contribution in [0.2, 0.25) is 0 Å². The molecular formula is C100H58O3. The van der Waals surface area contributed by atoms with E-state index in [-0.39, 0.29) is 0 Å². The molecule has 103 heavy (non-hydrogen) atoms. The van der Waals surface area contributed by atoms with Crippen molar-refractivity contribution in [1.29, 1.82) is 0 Å². The molecule has 22 aromatic rings. The molecule has 0 saturated carbocycles. The first kappa shape index (κ1) is 57.3. The second-order valence-electron chi connectivity index (χ2n) is 27.7. The van der Waals surface area contributed by atoms with Gasteiger partial charge in [-0.05, 0) is 232 Å². The number of furan rings is 3. The van der Waals surface area contributed by atoms with Gasteiger partial charge in [-0.3, -0.25) is 0 Å². The predicted octanol–water partition coefficient (Wildman–Crippen LogP) is 28.8. The number of fused-ring (bicyclic) bond motifs is 16. The zero-order valence-corrected chi connectivity index (χ0v) is 55.7. The highest BCUT2D eigenvalue weighted by molar-refractivity contribution is 6.25. The summed E-state index contributed by atoms with van der Waals surface area (Å²) < 4.78 is 19.7. The van der Waals surface area contributed by atoms with Crippen LogP contribution in [0.25, 0.3) is 230 Å². The zero-order chi connectivity index (χ0) is 67.4. The Kier molecular flexibility index (Phi) is 12.5. The third kappa shape index (κ3) is 9.03. The number of hydrogen-bond donors (Lipinski definition) is 0. The third-order valence-electron chi connectivity index (χ3n) is 22.0. The molecule has 0 bridgehead atoms. The van der Waals surface area contributed by atoms with Crippen LogP contribution < -0.4 is 0 Å². The summed E-state index contributed by atoms with van der Waals surface area (Å²) in [5, 5.41) is 23.6. The van der Waals surface area contributed by atoms with Crippen molar-refractivity contribution in [3.05, 3.63) is 352 Å². The van der Waals surface area contributed by atoms with E-state index in [4.69, 9.17) is 13.3 Å². The molecule has 3 aromatic heterocycles. The number of benzene rings is 19.